The molecule has 0 bridgehead atoms. The SMILES string of the molecule is CCCCCCCCCCCCN1CCN(C)C1=NP(=O)(OCCCOP(=O)(O)OCCCCCCO)OCCCOP(=O)(N=C1N(C)CCN1CCCCCCCCCCCC)OCCCOP(=O)(N=C1N(C)CCN1CCCCCCCCCCCC)OC(C)C. The maximum atomic E-state index is 15.0. The predicted molar refractivity (Wildman–Crippen MR) is 380 cm³/mol. The van der Waals surface area contributed by atoms with Gasteiger partial charge < -0.3 is 39.4 Å². The fraction of sp³-hybridized carbons (Fsp3) is 0.955. The average molecular weight is 1400 g/mol. The van der Waals surface area contributed by atoms with Gasteiger partial charge in [-0.1, -0.05) is 207 Å². The van der Waals surface area contributed by atoms with E-state index in [-0.39, 0.29) is 72.1 Å². The van der Waals surface area contributed by atoms with E-state index in [1.54, 1.807) is 13.8 Å². The van der Waals surface area contributed by atoms with Crippen molar-refractivity contribution in [2.45, 2.75) is 278 Å². The van der Waals surface area contributed by atoms with E-state index in [9.17, 15) is 18.6 Å². The Bertz CT molecular complexity index is 2190. The third-order valence-electron chi connectivity index (χ3n) is 17.0. The van der Waals surface area contributed by atoms with Gasteiger partial charge in [-0.2, -0.15) is 0 Å². The van der Waals surface area contributed by atoms with Gasteiger partial charge in [0.15, 0.2) is 0 Å². The largest absolute Gasteiger partial charge is 0.472 e. The second-order valence-electron chi connectivity index (χ2n) is 26.0. The molecule has 3 aliphatic heterocycles. The molecule has 0 radical (unpaired) electrons. The summed E-state index contributed by atoms with van der Waals surface area (Å²) in [5.41, 5.74) is 0. The van der Waals surface area contributed by atoms with Crippen LogP contribution in [0.4, 0.5) is 0 Å². The molecule has 0 aromatic heterocycles. The van der Waals surface area contributed by atoms with Crippen LogP contribution in [0.2, 0.25) is 0 Å². The van der Waals surface area contributed by atoms with E-state index in [0.29, 0.717) is 56.9 Å². The molecular formula is C66H135N9O14P4. The molecule has 0 spiro atoms. The van der Waals surface area contributed by atoms with Crippen molar-refractivity contribution in [2.24, 2.45) is 14.3 Å². The van der Waals surface area contributed by atoms with Crippen molar-refractivity contribution in [3.63, 3.8) is 0 Å². The zero-order chi connectivity index (χ0) is 67.7. The number of hydrogen-bond donors (Lipinski definition) is 2. The molecule has 23 nitrogen and oxygen atoms in total. The third-order valence-corrected chi connectivity index (χ3v) is 22.5. The molecule has 3 rings (SSSR count). The van der Waals surface area contributed by atoms with Crippen LogP contribution in [0.1, 0.15) is 272 Å². The second kappa shape index (κ2) is 52.4. The number of rotatable bonds is 63. The Morgan fingerprint density at radius 3 is 0.892 bits per heavy atom. The van der Waals surface area contributed by atoms with E-state index in [4.69, 9.17) is 50.8 Å². The van der Waals surface area contributed by atoms with E-state index < -0.39 is 37.2 Å². The number of unbranched alkanes of at least 4 members (excludes halogenated alkanes) is 30. The number of phosphoric acid groups is 1. The molecular weight excluding hydrogens is 1270 g/mol. The van der Waals surface area contributed by atoms with E-state index in [1.807, 2.05) is 35.8 Å². The summed E-state index contributed by atoms with van der Waals surface area (Å²) in [5.74, 6) is 1.62. The highest BCUT2D eigenvalue weighted by molar-refractivity contribution is 7.53. The lowest BCUT2D eigenvalue weighted by Gasteiger charge is -2.24. The highest BCUT2D eigenvalue weighted by atomic mass is 31.2. The highest BCUT2D eigenvalue weighted by Gasteiger charge is 2.36. The molecule has 4 atom stereocenters. The fourth-order valence-electron chi connectivity index (χ4n) is 11.5. The van der Waals surface area contributed by atoms with Crippen molar-refractivity contribution < 1.29 is 64.5 Å². The van der Waals surface area contributed by atoms with Gasteiger partial charge in [0, 0.05) is 86.7 Å². The maximum Gasteiger partial charge on any atom is 0.472 e. The first-order chi connectivity index (χ1) is 44.9. The van der Waals surface area contributed by atoms with Gasteiger partial charge in [0.25, 0.3) is 0 Å². The van der Waals surface area contributed by atoms with E-state index >= 15 is 4.57 Å². The summed E-state index contributed by atoms with van der Waals surface area (Å²) >= 11 is 0. The van der Waals surface area contributed by atoms with Crippen LogP contribution in [0.25, 0.3) is 0 Å². The average Bonchev–Trinajstić information content (AvgIpc) is 1.80. The molecule has 0 saturated carbocycles. The molecule has 27 heteroatoms. The fourth-order valence-corrected chi connectivity index (χ4v) is 16.6. The minimum Gasteiger partial charge on any atom is -0.396 e. The number of aliphatic hydroxyl groups excluding tert-OH is 1. The minimum absolute atomic E-state index is 0.0359. The zero-order valence-corrected chi connectivity index (χ0v) is 63.4. The van der Waals surface area contributed by atoms with Crippen molar-refractivity contribution in [3.8, 4) is 0 Å². The van der Waals surface area contributed by atoms with E-state index in [1.165, 1.54) is 148 Å². The molecule has 2 N–H and O–H groups in total. The summed E-state index contributed by atoms with van der Waals surface area (Å²) in [4.78, 5) is 22.6. The standard InChI is InChI=1S/C66H135N9O14P4/c1-9-12-15-18-21-24-27-30-33-38-46-73-52-49-70(6)64(73)67-90(77,84-59-44-61-86-92(79,89-63(4)5)69-66-72(8)51-54-75(66)48-40-35-32-29-26-23-20-17-14-11-3)82-57-43-58-83-91(78,85-60-45-62-88-93(80,81)87-56-42-37-36-41-55-76)68-65-71(7)50-53-74(65)47-39-34-31-28-25-22-19-16-13-10-2/h63,76H,9-62H2,1-8H3,(H,80,81). The van der Waals surface area contributed by atoms with Crippen molar-refractivity contribution in [3.05, 3.63) is 0 Å². The van der Waals surface area contributed by atoms with Crippen LogP contribution < -0.4 is 0 Å². The third kappa shape index (κ3) is 40.2. The number of hydrogen-bond acceptors (Lipinski definition) is 13. The molecule has 3 fully saturated rings. The van der Waals surface area contributed by atoms with Gasteiger partial charge in [-0.15, -0.1) is 14.3 Å². The van der Waals surface area contributed by atoms with Crippen LogP contribution >= 0.6 is 31.1 Å². The number of phosphoric ester groups is 1. The Hall–Kier alpha value is -1.67. The smallest absolute Gasteiger partial charge is 0.396 e. The summed E-state index contributed by atoms with van der Waals surface area (Å²) in [6, 6.07) is 0. The maximum absolute atomic E-state index is 15.0. The summed E-state index contributed by atoms with van der Waals surface area (Å²) in [5, 5.41) is 9.04. The first-order valence-corrected chi connectivity index (χ1v) is 43.0. The van der Waals surface area contributed by atoms with Gasteiger partial charge in [-0.25, -0.2) is 18.3 Å². The summed E-state index contributed by atoms with van der Waals surface area (Å²) in [6.07, 6.45) is 39.4. The molecule has 4 unspecified atom stereocenters. The topological polar surface area (TPSA) is 239 Å². The van der Waals surface area contributed by atoms with Gasteiger partial charge in [-0.05, 0) is 65.2 Å². The minimum atomic E-state index is -4.34. The number of guanidine groups is 3. The van der Waals surface area contributed by atoms with Gasteiger partial charge in [0.05, 0.1) is 52.4 Å². The van der Waals surface area contributed by atoms with Crippen molar-refractivity contribution in [2.75, 3.05) is 133 Å². The van der Waals surface area contributed by atoms with Crippen LogP contribution in [0.5, 0.6) is 0 Å². The number of aliphatic hydroxyl groups is 1. The molecule has 548 valence electrons. The zero-order valence-electron chi connectivity index (χ0n) is 59.9. The Morgan fingerprint density at radius 2 is 0.591 bits per heavy atom. The molecule has 3 aliphatic rings. The lowest BCUT2D eigenvalue weighted by molar-refractivity contribution is 0.134. The quantitative estimate of drug-likeness (QED) is 0.0425. The summed E-state index contributed by atoms with van der Waals surface area (Å²) in [6.45, 7) is 16.2. The lowest BCUT2D eigenvalue weighted by atomic mass is 10.1. The van der Waals surface area contributed by atoms with Crippen molar-refractivity contribution in [1.29, 1.82) is 0 Å². The summed E-state index contributed by atoms with van der Waals surface area (Å²) < 4.78 is 118. The van der Waals surface area contributed by atoms with Crippen LogP contribution in [0.3, 0.4) is 0 Å². The van der Waals surface area contributed by atoms with Crippen LogP contribution in [0.15, 0.2) is 14.3 Å². The molecule has 3 heterocycles. The predicted octanol–water partition coefficient (Wildman–Crippen LogP) is 17.2. The van der Waals surface area contributed by atoms with Gasteiger partial charge >= 0.3 is 31.1 Å². The second-order valence-corrected chi connectivity index (χ2v) is 32.4. The number of likely N-dealkylation sites (N-methyl/N-ethyl adjacent to an activating group) is 3. The Labute approximate surface area is 565 Å². The van der Waals surface area contributed by atoms with Crippen LogP contribution in [0, 0.1) is 0 Å². The number of nitrogens with zero attached hydrogens (tertiary/aromatic N) is 9. The Morgan fingerprint density at radius 1 is 0.344 bits per heavy atom. The Balaban J connectivity index is 1.75. The molecule has 0 amide bonds. The normalized spacial score (nSPS) is 18.8. The molecule has 0 aromatic carbocycles. The highest BCUT2D eigenvalue weighted by Crippen LogP contribution is 2.54. The van der Waals surface area contributed by atoms with Gasteiger partial charge in [-0.3, -0.25) is 36.2 Å². The monoisotopic (exact) mass is 1400 g/mol. The first kappa shape index (κ1) is 85.6. The van der Waals surface area contributed by atoms with Crippen molar-refractivity contribution in [1.82, 2.24) is 29.4 Å². The Kier molecular flexibility index (Phi) is 48.2. The first-order valence-electron chi connectivity index (χ1n) is 37.0. The summed E-state index contributed by atoms with van der Waals surface area (Å²) in [7, 11) is -11.1. The van der Waals surface area contributed by atoms with E-state index in [2.05, 4.69) is 40.2 Å². The van der Waals surface area contributed by atoms with Gasteiger partial charge in [0.2, 0.25) is 17.9 Å². The van der Waals surface area contributed by atoms with Crippen molar-refractivity contribution >= 4 is 48.9 Å². The lowest BCUT2D eigenvalue weighted by Crippen LogP contribution is -2.32. The van der Waals surface area contributed by atoms with Gasteiger partial charge in [0.1, 0.15) is 0 Å². The molecule has 0 aromatic rings. The molecule has 3 saturated heterocycles. The van der Waals surface area contributed by atoms with Crippen LogP contribution in [-0.2, 0) is 54.5 Å². The van der Waals surface area contributed by atoms with E-state index in [0.717, 1.165) is 90.5 Å². The molecule has 93 heavy (non-hydrogen) atoms. The molecule has 0 aliphatic carbocycles. The van der Waals surface area contributed by atoms with Crippen LogP contribution in [-0.4, -0.2) is 196 Å².